The number of rotatable bonds is 4. The fourth-order valence-corrected chi connectivity index (χ4v) is 3.69. The zero-order valence-electron chi connectivity index (χ0n) is 15.0. The van der Waals surface area contributed by atoms with Gasteiger partial charge < -0.3 is 10.2 Å². The Bertz CT molecular complexity index is 1010. The summed E-state index contributed by atoms with van der Waals surface area (Å²) in [5.41, 5.74) is 2.82. The minimum absolute atomic E-state index is 0.184. The first-order valence-electron chi connectivity index (χ1n) is 9.01. The van der Waals surface area contributed by atoms with Gasteiger partial charge in [0.1, 0.15) is 11.7 Å². The summed E-state index contributed by atoms with van der Waals surface area (Å²) in [6.07, 6.45) is 2.20. The van der Waals surface area contributed by atoms with Crippen LogP contribution in [0.3, 0.4) is 0 Å². The van der Waals surface area contributed by atoms with Gasteiger partial charge in [-0.1, -0.05) is 52.3 Å². The lowest BCUT2D eigenvalue weighted by Gasteiger charge is -2.17. The molecule has 5 nitrogen and oxygen atoms in total. The number of aromatic nitrogens is 1. The Balaban J connectivity index is 1.43. The molecule has 0 aliphatic carbocycles. The molecule has 1 unspecified atom stereocenters. The molecule has 28 heavy (non-hydrogen) atoms. The van der Waals surface area contributed by atoms with Crippen LogP contribution in [0.4, 0.5) is 11.5 Å². The van der Waals surface area contributed by atoms with Crippen LogP contribution in [0, 0.1) is 5.92 Å². The van der Waals surface area contributed by atoms with Crippen LogP contribution in [0.15, 0.2) is 77.4 Å². The normalized spacial score (nSPS) is 16.2. The van der Waals surface area contributed by atoms with Crippen LogP contribution in [0.5, 0.6) is 0 Å². The van der Waals surface area contributed by atoms with E-state index in [1.54, 1.807) is 17.2 Å². The molecule has 1 atom stereocenters. The average Bonchev–Trinajstić information content (AvgIpc) is 3.11. The number of halogens is 1. The van der Waals surface area contributed by atoms with Crippen molar-refractivity contribution >= 4 is 39.2 Å². The van der Waals surface area contributed by atoms with Gasteiger partial charge in [0.05, 0.1) is 0 Å². The van der Waals surface area contributed by atoms with Gasteiger partial charge in [-0.2, -0.15) is 0 Å². The van der Waals surface area contributed by atoms with Crippen molar-refractivity contribution in [3.05, 3.63) is 77.4 Å². The van der Waals surface area contributed by atoms with E-state index in [0.29, 0.717) is 18.8 Å². The number of carbonyl (C=O) groups is 2. The first kappa shape index (κ1) is 18.4. The van der Waals surface area contributed by atoms with E-state index in [1.165, 1.54) is 0 Å². The van der Waals surface area contributed by atoms with Crippen molar-refractivity contribution in [2.24, 2.45) is 5.92 Å². The second-order valence-corrected chi connectivity index (χ2v) is 7.51. The molecule has 0 radical (unpaired) electrons. The molecule has 1 saturated heterocycles. The number of pyridine rings is 1. The molecular formula is C22H18BrN3O2. The zero-order valence-corrected chi connectivity index (χ0v) is 16.6. The van der Waals surface area contributed by atoms with Crippen LogP contribution in [-0.4, -0.2) is 23.3 Å². The summed E-state index contributed by atoms with van der Waals surface area (Å²) in [5, 5.41) is 2.77. The third kappa shape index (κ3) is 3.82. The Hall–Kier alpha value is -2.99. The SMILES string of the molecule is O=C(Nc1ccc(-c2ccccc2)cn1)C1CCN(c2cccc(Br)c2)C1=O. The first-order valence-corrected chi connectivity index (χ1v) is 9.80. The first-order chi connectivity index (χ1) is 13.6. The molecule has 0 saturated carbocycles. The van der Waals surface area contributed by atoms with Crippen molar-refractivity contribution in [2.75, 3.05) is 16.8 Å². The monoisotopic (exact) mass is 435 g/mol. The lowest BCUT2D eigenvalue weighted by atomic mass is 10.1. The molecule has 0 spiro atoms. The largest absolute Gasteiger partial charge is 0.312 e. The minimum Gasteiger partial charge on any atom is -0.312 e. The number of hydrogen-bond acceptors (Lipinski definition) is 3. The number of nitrogens with one attached hydrogen (secondary N) is 1. The Morgan fingerprint density at radius 3 is 2.57 bits per heavy atom. The number of anilines is 2. The highest BCUT2D eigenvalue weighted by Crippen LogP contribution is 2.28. The third-order valence-electron chi connectivity index (χ3n) is 4.76. The second-order valence-electron chi connectivity index (χ2n) is 6.60. The van der Waals surface area contributed by atoms with Crippen molar-refractivity contribution in [2.45, 2.75) is 6.42 Å². The topological polar surface area (TPSA) is 62.3 Å². The van der Waals surface area contributed by atoms with Gasteiger partial charge in [0.15, 0.2) is 0 Å². The zero-order chi connectivity index (χ0) is 19.5. The molecule has 1 aliphatic rings. The van der Waals surface area contributed by atoms with Crippen molar-refractivity contribution in [3.8, 4) is 11.1 Å². The van der Waals surface area contributed by atoms with Crippen molar-refractivity contribution in [1.29, 1.82) is 0 Å². The third-order valence-corrected chi connectivity index (χ3v) is 5.26. The lowest BCUT2D eigenvalue weighted by molar-refractivity contribution is -0.129. The second kappa shape index (κ2) is 7.94. The van der Waals surface area contributed by atoms with Gasteiger partial charge in [-0.25, -0.2) is 4.98 Å². The molecule has 140 valence electrons. The molecule has 1 aliphatic heterocycles. The molecule has 2 amide bonds. The summed E-state index contributed by atoms with van der Waals surface area (Å²) in [5.74, 6) is -0.757. The number of nitrogens with zero attached hydrogens (tertiary/aromatic N) is 2. The molecular weight excluding hydrogens is 418 g/mol. The van der Waals surface area contributed by atoms with Crippen LogP contribution in [0.2, 0.25) is 0 Å². The van der Waals surface area contributed by atoms with Crippen LogP contribution < -0.4 is 10.2 Å². The van der Waals surface area contributed by atoms with Crippen molar-refractivity contribution in [1.82, 2.24) is 4.98 Å². The highest BCUT2D eigenvalue weighted by Gasteiger charge is 2.37. The highest BCUT2D eigenvalue weighted by molar-refractivity contribution is 9.10. The Labute approximate surface area is 171 Å². The minimum atomic E-state index is -0.699. The molecule has 2 aromatic carbocycles. The summed E-state index contributed by atoms with van der Waals surface area (Å²) in [4.78, 5) is 31.3. The van der Waals surface area contributed by atoms with E-state index in [2.05, 4.69) is 26.2 Å². The summed E-state index contributed by atoms with van der Waals surface area (Å²) in [6.45, 7) is 0.522. The lowest BCUT2D eigenvalue weighted by Crippen LogP contribution is -2.33. The molecule has 1 N–H and O–H groups in total. The Morgan fingerprint density at radius 2 is 1.86 bits per heavy atom. The fourth-order valence-electron chi connectivity index (χ4n) is 3.31. The standard InChI is InChI=1S/C22H18BrN3O2/c23-17-7-4-8-18(13-17)26-12-11-19(22(26)28)21(27)25-20-10-9-16(14-24-20)15-5-2-1-3-6-15/h1-10,13-14,19H,11-12H2,(H,24,25,27). The van der Waals surface area contributed by atoms with E-state index in [0.717, 1.165) is 21.3 Å². The molecule has 6 heteroatoms. The molecule has 3 aromatic rings. The van der Waals surface area contributed by atoms with Gasteiger partial charge in [0.2, 0.25) is 11.8 Å². The molecule has 2 heterocycles. The Kier molecular flexibility index (Phi) is 5.21. The van der Waals surface area contributed by atoms with E-state index < -0.39 is 5.92 Å². The summed E-state index contributed by atoms with van der Waals surface area (Å²) >= 11 is 3.41. The summed E-state index contributed by atoms with van der Waals surface area (Å²) < 4.78 is 0.897. The highest BCUT2D eigenvalue weighted by atomic mass is 79.9. The molecule has 1 fully saturated rings. The maximum atomic E-state index is 12.7. The average molecular weight is 436 g/mol. The van der Waals surface area contributed by atoms with E-state index in [-0.39, 0.29) is 11.8 Å². The van der Waals surface area contributed by atoms with Crippen LogP contribution >= 0.6 is 15.9 Å². The quantitative estimate of drug-likeness (QED) is 0.613. The number of amides is 2. The summed E-state index contributed by atoms with van der Waals surface area (Å²) in [6, 6.07) is 21.1. The number of benzene rings is 2. The molecule has 0 bridgehead atoms. The van der Waals surface area contributed by atoms with E-state index >= 15 is 0 Å². The Morgan fingerprint density at radius 1 is 1.04 bits per heavy atom. The van der Waals surface area contributed by atoms with Gasteiger partial charge >= 0.3 is 0 Å². The maximum absolute atomic E-state index is 12.7. The van der Waals surface area contributed by atoms with Gasteiger partial charge in [-0.15, -0.1) is 0 Å². The fraction of sp³-hybridized carbons (Fsp3) is 0.136. The van der Waals surface area contributed by atoms with Crippen LogP contribution in [0.1, 0.15) is 6.42 Å². The summed E-state index contributed by atoms with van der Waals surface area (Å²) in [7, 11) is 0. The van der Waals surface area contributed by atoms with Crippen molar-refractivity contribution in [3.63, 3.8) is 0 Å². The number of carbonyl (C=O) groups excluding carboxylic acids is 2. The van der Waals surface area contributed by atoms with E-state index in [4.69, 9.17) is 0 Å². The van der Waals surface area contributed by atoms with Crippen LogP contribution in [0.25, 0.3) is 11.1 Å². The van der Waals surface area contributed by atoms with E-state index in [9.17, 15) is 9.59 Å². The van der Waals surface area contributed by atoms with Gasteiger partial charge in [0.25, 0.3) is 0 Å². The van der Waals surface area contributed by atoms with Gasteiger partial charge in [-0.05, 0) is 42.3 Å². The maximum Gasteiger partial charge on any atom is 0.239 e. The molecule has 1 aromatic heterocycles. The number of hydrogen-bond donors (Lipinski definition) is 1. The predicted octanol–water partition coefficient (Wildman–Crippen LogP) is 4.50. The predicted molar refractivity (Wildman–Crippen MR) is 113 cm³/mol. The smallest absolute Gasteiger partial charge is 0.239 e. The van der Waals surface area contributed by atoms with Gasteiger partial charge in [-0.3, -0.25) is 9.59 Å². The van der Waals surface area contributed by atoms with Crippen molar-refractivity contribution < 1.29 is 9.59 Å². The van der Waals surface area contributed by atoms with Gasteiger partial charge in [0, 0.05) is 28.5 Å². The van der Waals surface area contributed by atoms with E-state index in [1.807, 2.05) is 60.7 Å². The molecule has 4 rings (SSSR count). The van der Waals surface area contributed by atoms with Crippen LogP contribution in [-0.2, 0) is 9.59 Å².